The summed E-state index contributed by atoms with van der Waals surface area (Å²) in [5.74, 6) is -0.0463. The number of aromatic amines is 1. The zero-order valence-corrected chi connectivity index (χ0v) is 15.2. The van der Waals surface area contributed by atoms with Gasteiger partial charge in [-0.25, -0.2) is 0 Å². The van der Waals surface area contributed by atoms with Crippen molar-refractivity contribution in [2.75, 3.05) is 20.1 Å². The number of carbonyl (C=O) groups is 2. The van der Waals surface area contributed by atoms with E-state index < -0.39 is 0 Å². The van der Waals surface area contributed by atoms with Gasteiger partial charge in [-0.15, -0.1) is 0 Å². The minimum absolute atomic E-state index is 0.0513. The number of hydrogen-bond donors (Lipinski definition) is 2. The molecule has 3 aromatic rings. The molecule has 1 aliphatic rings. The van der Waals surface area contributed by atoms with E-state index >= 15 is 0 Å². The standard InChI is InChI=1S/C21H22N4O2/c1-22-20(26)17-9-11-23-18(17)15-6-4-12-25(13-15)21(27)19-16-7-3-2-5-14(16)8-10-24-19/h2-3,5,7-11,15,23H,4,6,12-13H2,1H3,(H,22,26). The van der Waals surface area contributed by atoms with Gasteiger partial charge in [-0.3, -0.25) is 14.6 Å². The first-order chi connectivity index (χ1) is 13.2. The van der Waals surface area contributed by atoms with E-state index in [0.29, 0.717) is 24.3 Å². The van der Waals surface area contributed by atoms with Crippen LogP contribution in [0.1, 0.15) is 45.3 Å². The minimum atomic E-state index is -0.106. The van der Waals surface area contributed by atoms with Crippen molar-refractivity contribution in [1.29, 1.82) is 0 Å². The first-order valence-electron chi connectivity index (χ1n) is 9.21. The van der Waals surface area contributed by atoms with Crippen molar-refractivity contribution in [3.8, 4) is 0 Å². The lowest BCUT2D eigenvalue weighted by atomic mass is 9.92. The van der Waals surface area contributed by atoms with Crippen LogP contribution in [0.5, 0.6) is 0 Å². The maximum absolute atomic E-state index is 13.2. The van der Waals surface area contributed by atoms with E-state index in [1.807, 2.05) is 35.2 Å². The molecule has 3 heterocycles. The van der Waals surface area contributed by atoms with Crippen LogP contribution in [0, 0.1) is 0 Å². The molecule has 0 saturated carbocycles. The van der Waals surface area contributed by atoms with Gasteiger partial charge in [0.25, 0.3) is 11.8 Å². The Morgan fingerprint density at radius 1 is 1.22 bits per heavy atom. The van der Waals surface area contributed by atoms with Gasteiger partial charge in [-0.2, -0.15) is 0 Å². The summed E-state index contributed by atoms with van der Waals surface area (Å²) in [6.45, 7) is 1.28. The molecule has 1 unspecified atom stereocenters. The smallest absolute Gasteiger partial charge is 0.273 e. The third kappa shape index (κ3) is 3.18. The topological polar surface area (TPSA) is 78.1 Å². The molecule has 6 nitrogen and oxygen atoms in total. The minimum Gasteiger partial charge on any atom is -0.364 e. The highest BCUT2D eigenvalue weighted by molar-refractivity contribution is 6.05. The molecule has 27 heavy (non-hydrogen) atoms. The van der Waals surface area contributed by atoms with Crippen LogP contribution in [-0.4, -0.2) is 46.8 Å². The average Bonchev–Trinajstić information content (AvgIpc) is 3.22. The molecule has 1 aliphatic heterocycles. The molecular weight excluding hydrogens is 340 g/mol. The number of carbonyl (C=O) groups excluding carboxylic acids is 2. The number of pyridine rings is 1. The molecule has 6 heteroatoms. The predicted octanol–water partition coefficient (Wildman–Crippen LogP) is 2.94. The van der Waals surface area contributed by atoms with Crippen LogP contribution < -0.4 is 5.32 Å². The Bertz CT molecular complexity index is 989. The van der Waals surface area contributed by atoms with Gasteiger partial charge in [0.1, 0.15) is 5.69 Å². The largest absolute Gasteiger partial charge is 0.364 e. The first kappa shape index (κ1) is 17.3. The van der Waals surface area contributed by atoms with Crippen LogP contribution in [0.3, 0.4) is 0 Å². The van der Waals surface area contributed by atoms with E-state index in [9.17, 15) is 9.59 Å². The number of nitrogens with zero attached hydrogens (tertiary/aromatic N) is 2. The third-order valence-electron chi connectivity index (χ3n) is 5.24. The number of benzene rings is 1. The zero-order chi connectivity index (χ0) is 18.8. The Hall–Kier alpha value is -3.15. The van der Waals surface area contributed by atoms with Crippen LogP contribution in [0.4, 0.5) is 0 Å². The number of H-pyrrole nitrogens is 1. The lowest BCUT2D eigenvalue weighted by Crippen LogP contribution is -2.40. The van der Waals surface area contributed by atoms with E-state index in [-0.39, 0.29) is 17.7 Å². The molecule has 0 radical (unpaired) electrons. The summed E-state index contributed by atoms with van der Waals surface area (Å²) < 4.78 is 0. The molecular formula is C21H22N4O2. The molecule has 1 saturated heterocycles. The number of fused-ring (bicyclic) bond motifs is 1. The molecule has 138 valence electrons. The Balaban J connectivity index is 1.61. The predicted molar refractivity (Wildman–Crippen MR) is 104 cm³/mol. The summed E-state index contributed by atoms with van der Waals surface area (Å²) in [5.41, 5.74) is 2.05. The van der Waals surface area contributed by atoms with Gasteiger partial charge in [0.05, 0.1) is 5.56 Å². The van der Waals surface area contributed by atoms with Crippen molar-refractivity contribution in [3.63, 3.8) is 0 Å². The van der Waals surface area contributed by atoms with E-state index in [0.717, 1.165) is 29.3 Å². The fourth-order valence-corrected chi connectivity index (χ4v) is 3.89. The van der Waals surface area contributed by atoms with Crippen LogP contribution in [-0.2, 0) is 0 Å². The van der Waals surface area contributed by atoms with E-state index in [2.05, 4.69) is 15.3 Å². The highest BCUT2D eigenvalue weighted by atomic mass is 16.2. The quantitative estimate of drug-likeness (QED) is 0.752. The molecule has 0 spiro atoms. The molecule has 4 rings (SSSR count). The molecule has 1 aromatic carbocycles. The number of nitrogens with one attached hydrogen (secondary N) is 2. The number of hydrogen-bond acceptors (Lipinski definition) is 3. The maximum atomic E-state index is 13.2. The molecule has 1 atom stereocenters. The number of amides is 2. The van der Waals surface area contributed by atoms with Crippen molar-refractivity contribution < 1.29 is 9.59 Å². The monoisotopic (exact) mass is 362 g/mol. The number of rotatable bonds is 3. The Kier molecular flexibility index (Phi) is 4.62. The second-order valence-electron chi connectivity index (χ2n) is 6.86. The van der Waals surface area contributed by atoms with Gasteiger partial charge in [0.2, 0.25) is 0 Å². The van der Waals surface area contributed by atoms with E-state index in [1.54, 1.807) is 25.5 Å². The van der Waals surface area contributed by atoms with E-state index in [4.69, 9.17) is 0 Å². The van der Waals surface area contributed by atoms with Crippen molar-refractivity contribution in [3.05, 3.63) is 65.7 Å². The van der Waals surface area contributed by atoms with Crippen molar-refractivity contribution in [2.45, 2.75) is 18.8 Å². The van der Waals surface area contributed by atoms with Gasteiger partial charge in [0.15, 0.2) is 0 Å². The second-order valence-corrected chi connectivity index (χ2v) is 6.86. The van der Waals surface area contributed by atoms with Gasteiger partial charge in [0, 0.05) is 49.5 Å². The molecule has 2 N–H and O–H groups in total. The normalized spacial score (nSPS) is 17.1. The fraction of sp³-hybridized carbons (Fsp3) is 0.286. The fourth-order valence-electron chi connectivity index (χ4n) is 3.89. The average molecular weight is 362 g/mol. The molecule has 1 fully saturated rings. The van der Waals surface area contributed by atoms with Crippen molar-refractivity contribution >= 4 is 22.6 Å². The van der Waals surface area contributed by atoms with E-state index in [1.165, 1.54) is 0 Å². The molecule has 2 amide bonds. The molecule has 0 bridgehead atoms. The maximum Gasteiger partial charge on any atom is 0.273 e. The Morgan fingerprint density at radius 3 is 2.93 bits per heavy atom. The summed E-state index contributed by atoms with van der Waals surface area (Å²) >= 11 is 0. The van der Waals surface area contributed by atoms with Crippen molar-refractivity contribution in [2.24, 2.45) is 0 Å². The summed E-state index contributed by atoms with van der Waals surface area (Å²) in [5, 5.41) is 4.56. The van der Waals surface area contributed by atoms with Gasteiger partial charge < -0.3 is 15.2 Å². The van der Waals surface area contributed by atoms with Gasteiger partial charge in [-0.05, 0) is 30.4 Å². The van der Waals surface area contributed by atoms with Gasteiger partial charge in [-0.1, -0.05) is 24.3 Å². The second kappa shape index (κ2) is 7.23. The molecule has 2 aromatic heterocycles. The number of piperidine rings is 1. The van der Waals surface area contributed by atoms with Crippen LogP contribution >= 0.6 is 0 Å². The highest BCUT2D eigenvalue weighted by Crippen LogP contribution is 2.29. The number of aromatic nitrogens is 2. The first-order valence-corrected chi connectivity index (χ1v) is 9.21. The van der Waals surface area contributed by atoms with Crippen LogP contribution in [0.25, 0.3) is 10.8 Å². The lowest BCUT2D eigenvalue weighted by Gasteiger charge is -2.32. The SMILES string of the molecule is CNC(=O)c1cc[nH]c1C1CCCN(C(=O)c2nccc3ccccc23)C1. The molecule has 0 aliphatic carbocycles. The Morgan fingerprint density at radius 2 is 2.07 bits per heavy atom. The zero-order valence-electron chi connectivity index (χ0n) is 15.2. The lowest BCUT2D eigenvalue weighted by molar-refractivity contribution is 0.0702. The van der Waals surface area contributed by atoms with Crippen molar-refractivity contribution in [1.82, 2.24) is 20.2 Å². The summed E-state index contributed by atoms with van der Waals surface area (Å²) in [7, 11) is 1.63. The highest BCUT2D eigenvalue weighted by Gasteiger charge is 2.29. The Labute approximate surface area is 157 Å². The number of likely N-dealkylation sites (tertiary alicyclic amines) is 1. The summed E-state index contributed by atoms with van der Waals surface area (Å²) in [6.07, 6.45) is 5.31. The summed E-state index contributed by atoms with van der Waals surface area (Å²) in [4.78, 5) is 34.7. The third-order valence-corrected chi connectivity index (χ3v) is 5.24. The summed E-state index contributed by atoms with van der Waals surface area (Å²) in [6, 6.07) is 11.5. The van der Waals surface area contributed by atoms with Gasteiger partial charge >= 0.3 is 0 Å². The van der Waals surface area contributed by atoms with Crippen LogP contribution in [0.15, 0.2) is 48.8 Å². The van der Waals surface area contributed by atoms with Crippen LogP contribution in [0.2, 0.25) is 0 Å².